The SMILES string of the molecule is CCCCCCCCCCCCCCCCCCCCCCCC/C=C/CCCC(O)C(O)C(COC1OC(CO)C(O)C(O)C1O)NC(=O)C(O)CCCCCCCCCCCCCCCCCCC. The largest absolute Gasteiger partial charge is 0.394 e. The summed E-state index contributed by atoms with van der Waals surface area (Å²) >= 11 is 0. The monoisotopic (exact) mass is 1010 g/mol. The summed E-state index contributed by atoms with van der Waals surface area (Å²) in [7, 11) is 0. The normalized spacial score (nSPS) is 20.2. The zero-order chi connectivity index (χ0) is 51.8. The van der Waals surface area contributed by atoms with Gasteiger partial charge < -0.3 is 50.5 Å². The molecule has 0 bridgehead atoms. The Labute approximate surface area is 436 Å². The summed E-state index contributed by atoms with van der Waals surface area (Å²) in [5, 5.41) is 76.2. The number of carbonyl (C=O) groups excluding carboxylic acids is 1. The third kappa shape index (κ3) is 38.1. The zero-order valence-electron chi connectivity index (χ0n) is 46.2. The summed E-state index contributed by atoms with van der Waals surface area (Å²) in [6.07, 6.45) is 47.1. The first-order valence-corrected chi connectivity index (χ1v) is 30.6. The second-order valence-electron chi connectivity index (χ2n) is 21.8. The van der Waals surface area contributed by atoms with E-state index in [1.54, 1.807) is 0 Å². The molecule has 0 spiro atoms. The van der Waals surface area contributed by atoms with Gasteiger partial charge in [-0.15, -0.1) is 0 Å². The number of unbranched alkanes of at least 4 members (excludes halogenated alkanes) is 39. The molecule has 11 heteroatoms. The molecule has 1 rings (SSSR count). The number of nitrogens with one attached hydrogen (secondary N) is 1. The van der Waals surface area contributed by atoms with Crippen LogP contribution in [0, 0.1) is 0 Å². The predicted molar refractivity (Wildman–Crippen MR) is 293 cm³/mol. The molecule has 11 nitrogen and oxygen atoms in total. The van der Waals surface area contributed by atoms with Gasteiger partial charge in [-0.3, -0.25) is 4.79 Å². The zero-order valence-corrected chi connectivity index (χ0v) is 46.2. The summed E-state index contributed by atoms with van der Waals surface area (Å²) in [4.78, 5) is 13.2. The maximum absolute atomic E-state index is 13.2. The molecule has 1 amide bonds. The van der Waals surface area contributed by atoms with Crippen LogP contribution in [0.25, 0.3) is 0 Å². The Balaban J connectivity index is 2.27. The Morgan fingerprint density at radius 3 is 1.21 bits per heavy atom. The second kappa shape index (κ2) is 49.7. The van der Waals surface area contributed by atoms with Crippen LogP contribution in [-0.4, -0.2) is 110 Å². The quantitative estimate of drug-likeness (QED) is 0.0215. The fraction of sp³-hybridized carbons (Fsp3) is 0.950. The van der Waals surface area contributed by atoms with Crippen LogP contribution in [0.2, 0.25) is 0 Å². The molecule has 0 aromatic heterocycles. The number of hydrogen-bond donors (Lipinski definition) is 8. The lowest BCUT2D eigenvalue weighted by atomic mass is 9.98. The molecular formula is C60H117NO10. The maximum Gasteiger partial charge on any atom is 0.249 e. The van der Waals surface area contributed by atoms with Crippen LogP contribution in [0.1, 0.15) is 296 Å². The summed E-state index contributed by atoms with van der Waals surface area (Å²) in [6, 6.07) is -1.18. The second-order valence-corrected chi connectivity index (χ2v) is 21.8. The van der Waals surface area contributed by atoms with Crippen LogP contribution < -0.4 is 5.32 Å². The van der Waals surface area contributed by atoms with Gasteiger partial charge in [0.2, 0.25) is 5.91 Å². The Hall–Kier alpha value is -1.15. The third-order valence-electron chi connectivity index (χ3n) is 15.1. The lowest BCUT2D eigenvalue weighted by molar-refractivity contribution is -0.303. The van der Waals surface area contributed by atoms with Crippen LogP contribution in [0.15, 0.2) is 12.2 Å². The van der Waals surface area contributed by atoms with Crippen molar-refractivity contribution in [3.05, 3.63) is 12.2 Å². The van der Waals surface area contributed by atoms with Crippen molar-refractivity contribution in [3.63, 3.8) is 0 Å². The fourth-order valence-electron chi connectivity index (χ4n) is 10.1. The molecule has 0 aromatic rings. The van der Waals surface area contributed by atoms with Crippen LogP contribution in [0.4, 0.5) is 0 Å². The number of allylic oxidation sites excluding steroid dienone is 2. The molecule has 8 N–H and O–H groups in total. The summed E-state index contributed by atoms with van der Waals surface area (Å²) < 4.78 is 11.1. The molecule has 0 aromatic carbocycles. The molecular weight excluding hydrogens is 895 g/mol. The van der Waals surface area contributed by atoms with Crippen molar-refractivity contribution in [2.24, 2.45) is 0 Å². The van der Waals surface area contributed by atoms with E-state index in [9.17, 15) is 40.5 Å². The van der Waals surface area contributed by atoms with Gasteiger partial charge in [0, 0.05) is 0 Å². The highest BCUT2D eigenvalue weighted by molar-refractivity contribution is 5.80. The van der Waals surface area contributed by atoms with Gasteiger partial charge >= 0.3 is 0 Å². The number of hydrogen-bond acceptors (Lipinski definition) is 10. The van der Waals surface area contributed by atoms with Crippen molar-refractivity contribution >= 4 is 5.91 Å². The number of rotatable bonds is 53. The van der Waals surface area contributed by atoms with Crippen LogP contribution in [0.3, 0.4) is 0 Å². The minimum absolute atomic E-state index is 0.259. The van der Waals surface area contributed by atoms with Crippen molar-refractivity contribution in [1.82, 2.24) is 5.32 Å². The van der Waals surface area contributed by atoms with Gasteiger partial charge in [0.05, 0.1) is 25.4 Å². The molecule has 0 radical (unpaired) electrons. The number of carbonyl (C=O) groups is 1. The van der Waals surface area contributed by atoms with Crippen molar-refractivity contribution in [1.29, 1.82) is 0 Å². The highest BCUT2D eigenvalue weighted by Crippen LogP contribution is 2.24. The van der Waals surface area contributed by atoms with Gasteiger partial charge in [0.15, 0.2) is 6.29 Å². The average Bonchev–Trinajstić information content (AvgIpc) is 3.37. The Bertz CT molecular complexity index is 1160. The minimum atomic E-state index is -1.67. The van der Waals surface area contributed by atoms with Gasteiger partial charge in [0.25, 0.3) is 0 Å². The molecule has 9 atom stereocenters. The molecule has 1 saturated heterocycles. The predicted octanol–water partition coefficient (Wildman–Crippen LogP) is 13.1. The van der Waals surface area contributed by atoms with Gasteiger partial charge in [-0.1, -0.05) is 270 Å². The summed E-state index contributed by atoms with van der Waals surface area (Å²) in [5.74, 6) is -0.700. The highest BCUT2D eigenvalue weighted by Gasteiger charge is 2.44. The number of aliphatic hydroxyl groups is 7. The van der Waals surface area contributed by atoms with Crippen LogP contribution in [-0.2, 0) is 14.3 Å². The van der Waals surface area contributed by atoms with E-state index in [0.29, 0.717) is 12.8 Å². The van der Waals surface area contributed by atoms with Crippen molar-refractivity contribution in [3.8, 4) is 0 Å². The molecule has 0 aliphatic carbocycles. The van der Waals surface area contributed by atoms with E-state index in [1.807, 2.05) is 0 Å². The minimum Gasteiger partial charge on any atom is -0.394 e. The van der Waals surface area contributed by atoms with Crippen molar-refractivity contribution in [2.75, 3.05) is 13.2 Å². The Morgan fingerprint density at radius 2 is 0.831 bits per heavy atom. The van der Waals surface area contributed by atoms with E-state index >= 15 is 0 Å². The summed E-state index contributed by atoms with van der Waals surface area (Å²) in [6.45, 7) is 3.48. The molecule has 1 aliphatic heterocycles. The first-order valence-electron chi connectivity index (χ1n) is 30.6. The highest BCUT2D eigenvalue weighted by atomic mass is 16.7. The molecule has 1 aliphatic rings. The summed E-state index contributed by atoms with van der Waals surface area (Å²) in [5.41, 5.74) is 0. The van der Waals surface area contributed by atoms with Crippen LogP contribution in [0.5, 0.6) is 0 Å². The van der Waals surface area contributed by atoms with E-state index in [4.69, 9.17) is 9.47 Å². The Kier molecular flexibility index (Phi) is 47.5. The van der Waals surface area contributed by atoms with E-state index in [1.165, 1.54) is 218 Å². The standard InChI is InChI=1S/C60H117NO10/c1-3-5-7-9-11-13-15-17-19-21-22-23-24-25-26-27-28-29-30-32-33-35-37-39-41-43-45-47-52(63)55(65)51(50-70-60-58(68)57(67)56(66)54(49-62)71-60)61-59(69)53(64)48-46-44-42-40-38-36-34-31-20-18-16-14-12-10-8-6-4-2/h39,41,51-58,60,62-68H,3-38,40,42-50H2,1-2H3,(H,61,69)/b41-39+. The van der Waals surface area contributed by atoms with Crippen molar-refractivity contribution < 1.29 is 50.0 Å². The molecule has 71 heavy (non-hydrogen) atoms. The van der Waals surface area contributed by atoms with Gasteiger partial charge in [-0.05, 0) is 38.5 Å². The molecule has 1 heterocycles. The first-order chi connectivity index (χ1) is 34.7. The fourth-order valence-corrected chi connectivity index (χ4v) is 10.1. The molecule has 9 unspecified atom stereocenters. The molecule has 0 saturated carbocycles. The topological polar surface area (TPSA) is 189 Å². The van der Waals surface area contributed by atoms with Gasteiger partial charge in [-0.25, -0.2) is 0 Å². The third-order valence-corrected chi connectivity index (χ3v) is 15.1. The number of aliphatic hydroxyl groups excluding tert-OH is 7. The van der Waals surface area contributed by atoms with Gasteiger partial charge in [0.1, 0.15) is 36.6 Å². The first kappa shape index (κ1) is 67.9. The van der Waals surface area contributed by atoms with E-state index in [-0.39, 0.29) is 12.8 Å². The van der Waals surface area contributed by atoms with E-state index < -0.39 is 74.2 Å². The number of ether oxygens (including phenoxy) is 2. The smallest absolute Gasteiger partial charge is 0.249 e. The van der Waals surface area contributed by atoms with E-state index in [2.05, 4.69) is 31.3 Å². The molecule has 1 fully saturated rings. The molecule has 422 valence electrons. The van der Waals surface area contributed by atoms with Gasteiger partial charge in [-0.2, -0.15) is 0 Å². The van der Waals surface area contributed by atoms with Crippen molar-refractivity contribution in [2.45, 2.75) is 351 Å². The van der Waals surface area contributed by atoms with Crippen LogP contribution >= 0.6 is 0 Å². The number of amides is 1. The lowest BCUT2D eigenvalue weighted by Crippen LogP contribution is -2.60. The average molecular weight is 1010 g/mol. The maximum atomic E-state index is 13.2. The van der Waals surface area contributed by atoms with E-state index in [0.717, 1.165) is 38.5 Å². The Morgan fingerprint density at radius 1 is 0.479 bits per heavy atom. The lowest BCUT2D eigenvalue weighted by Gasteiger charge is -2.40.